The molecule has 2 aromatic rings. The molecule has 0 radical (unpaired) electrons. The molecule has 2 atom stereocenters. The molecule has 4 amide bonds. The summed E-state index contributed by atoms with van der Waals surface area (Å²) in [6, 6.07) is 9.01. The van der Waals surface area contributed by atoms with Gasteiger partial charge in [0.15, 0.2) is 0 Å². The number of urea groups is 1. The number of carbonyl (C=O) groups is 3. The van der Waals surface area contributed by atoms with Crippen molar-refractivity contribution in [3.63, 3.8) is 0 Å². The van der Waals surface area contributed by atoms with Crippen molar-refractivity contribution >= 4 is 40.9 Å². The van der Waals surface area contributed by atoms with E-state index >= 15 is 0 Å². The molecule has 3 heterocycles. The van der Waals surface area contributed by atoms with E-state index in [4.69, 9.17) is 0 Å². The highest BCUT2D eigenvalue weighted by Crippen LogP contribution is 2.28. The number of nitrogens with zero attached hydrogens (tertiary/aromatic N) is 4. The molecule has 1 N–H and O–H groups in total. The van der Waals surface area contributed by atoms with Gasteiger partial charge in [-0.25, -0.2) is 19.2 Å². The number of piperazine rings is 1. The summed E-state index contributed by atoms with van der Waals surface area (Å²) >= 11 is 3.28. The zero-order valence-corrected chi connectivity index (χ0v) is 21.5. The van der Waals surface area contributed by atoms with E-state index < -0.39 is 12.2 Å². The fourth-order valence-corrected chi connectivity index (χ4v) is 5.73. The van der Waals surface area contributed by atoms with Gasteiger partial charge in [0.05, 0.1) is 13.1 Å². The summed E-state index contributed by atoms with van der Waals surface area (Å²) in [5.41, 5.74) is 0.765. The van der Waals surface area contributed by atoms with Crippen LogP contribution in [0.25, 0.3) is 0 Å². The highest BCUT2D eigenvalue weighted by Gasteiger charge is 2.50. The standard InChI is InChI=1S/C24H30FN5O3S2/c1-27-16-22(31)29-20(10-13-34-2)23(32)28(11-9-19-4-3-12-35-19)15-21(29)30(27)24(33)26-14-17-5-7-18(25)8-6-17/h3-8,12,20-21H,9-11,13-16H2,1-2H3,(H,26,33)/t20-,21-/m0/s1. The maximum Gasteiger partial charge on any atom is 0.334 e. The van der Waals surface area contributed by atoms with Gasteiger partial charge in [-0.3, -0.25) is 9.59 Å². The van der Waals surface area contributed by atoms with Crippen molar-refractivity contribution < 1.29 is 18.8 Å². The minimum absolute atomic E-state index is 0.0126. The lowest BCUT2D eigenvalue weighted by Crippen LogP contribution is -2.76. The molecule has 0 unspecified atom stereocenters. The van der Waals surface area contributed by atoms with Crippen LogP contribution < -0.4 is 5.32 Å². The van der Waals surface area contributed by atoms with E-state index in [9.17, 15) is 18.8 Å². The fraction of sp³-hybridized carbons (Fsp3) is 0.458. The van der Waals surface area contributed by atoms with Gasteiger partial charge >= 0.3 is 6.03 Å². The predicted molar refractivity (Wildman–Crippen MR) is 135 cm³/mol. The van der Waals surface area contributed by atoms with E-state index in [2.05, 4.69) is 5.32 Å². The number of benzene rings is 1. The molecule has 1 aromatic heterocycles. The number of carbonyl (C=O) groups excluding carboxylic acids is 3. The first kappa shape index (κ1) is 25.5. The van der Waals surface area contributed by atoms with Crippen LogP contribution in [0.15, 0.2) is 41.8 Å². The van der Waals surface area contributed by atoms with Gasteiger partial charge in [-0.2, -0.15) is 11.8 Å². The van der Waals surface area contributed by atoms with Gasteiger partial charge in [-0.05, 0) is 54.0 Å². The summed E-state index contributed by atoms with van der Waals surface area (Å²) in [4.78, 5) is 44.5. The molecule has 2 saturated heterocycles. The Kier molecular flexibility index (Phi) is 8.30. The average Bonchev–Trinajstić information content (AvgIpc) is 3.36. The third-order valence-electron chi connectivity index (χ3n) is 6.31. The minimum atomic E-state index is -0.599. The Morgan fingerprint density at radius 2 is 2.00 bits per heavy atom. The third-order valence-corrected chi connectivity index (χ3v) is 7.89. The lowest BCUT2D eigenvalue weighted by Gasteiger charge is -2.54. The summed E-state index contributed by atoms with van der Waals surface area (Å²) in [5.74, 6) is 0.183. The molecule has 0 bridgehead atoms. The van der Waals surface area contributed by atoms with Crippen molar-refractivity contribution in [1.82, 2.24) is 25.1 Å². The normalized spacial score (nSPS) is 20.8. The molecular weight excluding hydrogens is 489 g/mol. The quantitative estimate of drug-likeness (QED) is 0.580. The van der Waals surface area contributed by atoms with Gasteiger partial charge < -0.3 is 15.1 Å². The fourth-order valence-electron chi connectivity index (χ4n) is 4.57. The monoisotopic (exact) mass is 519 g/mol. The Hall–Kier alpha value is -2.63. The highest BCUT2D eigenvalue weighted by molar-refractivity contribution is 7.98. The molecule has 188 valence electrons. The van der Waals surface area contributed by atoms with Gasteiger partial charge in [0.2, 0.25) is 11.8 Å². The largest absolute Gasteiger partial charge is 0.337 e. The maximum absolute atomic E-state index is 13.5. The molecule has 2 aliphatic heterocycles. The molecule has 4 rings (SSSR count). The van der Waals surface area contributed by atoms with Crippen LogP contribution in [0.5, 0.6) is 0 Å². The van der Waals surface area contributed by atoms with Crippen molar-refractivity contribution in [3.8, 4) is 0 Å². The average molecular weight is 520 g/mol. The summed E-state index contributed by atoms with van der Waals surface area (Å²) in [6.07, 6.45) is 2.64. The van der Waals surface area contributed by atoms with E-state index in [1.54, 1.807) is 62.1 Å². The number of halogens is 1. The summed E-state index contributed by atoms with van der Waals surface area (Å²) in [7, 11) is 1.70. The SMILES string of the molecule is CSCC[C@H]1C(=O)N(CCc2cccs2)C[C@H]2N1C(=O)CN(C)N2C(=O)NCc1ccc(F)cc1. The van der Waals surface area contributed by atoms with Crippen LogP contribution >= 0.6 is 23.1 Å². The molecule has 1 aromatic carbocycles. The maximum atomic E-state index is 13.5. The molecule has 2 fully saturated rings. The number of amides is 4. The van der Waals surface area contributed by atoms with Gasteiger partial charge in [0.25, 0.3) is 0 Å². The number of nitrogens with one attached hydrogen (secondary N) is 1. The molecule has 0 spiro atoms. The van der Waals surface area contributed by atoms with Crippen molar-refractivity contribution in [3.05, 3.63) is 58.0 Å². The summed E-state index contributed by atoms with van der Waals surface area (Å²) < 4.78 is 13.2. The lowest BCUT2D eigenvalue weighted by molar-refractivity contribution is -0.187. The summed E-state index contributed by atoms with van der Waals surface area (Å²) in [5, 5.41) is 8.05. The zero-order chi connectivity index (χ0) is 24.9. The first-order valence-electron chi connectivity index (χ1n) is 11.5. The van der Waals surface area contributed by atoms with Crippen molar-refractivity contribution in [2.45, 2.75) is 31.6 Å². The Morgan fingerprint density at radius 3 is 2.69 bits per heavy atom. The van der Waals surface area contributed by atoms with Crippen molar-refractivity contribution in [2.75, 3.05) is 38.7 Å². The lowest BCUT2D eigenvalue weighted by atomic mass is 10.0. The van der Waals surface area contributed by atoms with Gasteiger partial charge in [-0.15, -0.1) is 11.3 Å². The van der Waals surface area contributed by atoms with Crippen LogP contribution in [-0.4, -0.2) is 88.6 Å². The second-order valence-electron chi connectivity index (χ2n) is 8.64. The van der Waals surface area contributed by atoms with E-state index in [1.807, 2.05) is 23.8 Å². The molecule has 0 aliphatic carbocycles. The van der Waals surface area contributed by atoms with Crippen LogP contribution in [0.3, 0.4) is 0 Å². The Balaban J connectivity index is 1.54. The van der Waals surface area contributed by atoms with E-state index in [0.717, 1.165) is 17.7 Å². The second-order valence-corrected chi connectivity index (χ2v) is 10.7. The van der Waals surface area contributed by atoms with E-state index in [0.29, 0.717) is 13.0 Å². The molecule has 35 heavy (non-hydrogen) atoms. The first-order chi connectivity index (χ1) is 16.9. The Bertz CT molecular complexity index is 1040. The number of hydrazine groups is 1. The third kappa shape index (κ3) is 5.79. The van der Waals surface area contributed by atoms with Crippen molar-refractivity contribution in [2.24, 2.45) is 0 Å². The number of hydrogen-bond donors (Lipinski definition) is 1. The van der Waals surface area contributed by atoms with Crippen LogP contribution in [0.4, 0.5) is 9.18 Å². The highest BCUT2D eigenvalue weighted by atomic mass is 32.2. The van der Waals surface area contributed by atoms with E-state index in [-0.39, 0.29) is 43.3 Å². The smallest absolute Gasteiger partial charge is 0.334 e. The zero-order valence-electron chi connectivity index (χ0n) is 19.9. The van der Waals surface area contributed by atoms with Crippen LogP contribution in [0.2, 0.25) is 0 Å². The van der Waals surface area contributed by atoms with Crippen LogP contribution in [-0.2, 0) is 22.6 Å². The number of likely N-dealkylation sites (N-methyl/N-ethyl adjacent to an activating group) is 1. The Labute approximate surface area is 213 Å². The predicted octanol–water partition coefficient (Wildman–Crippen LogP) is 2.62. The molecule has 8 nitrogen and oxygen atoms in total. The van der Waals surface area contributed by atoms with Crippen LogP contribution in [0.1, 0.15) is 16.9 Å². The number of thioether (sulfide) groups is 1. The first-order valence-corrected chi connectivity index (χ1v) is 13.8. The summed E-state index contributed by atoms with van der Waals surface area (Å²) in [6.45, 7) is 1.02. The Morgan fingerprint density at radius 1 is 1.23 bits per heavy atom. The molecule has 2 aliphatic rings. The minimum Gasteiger partial charge on any atom is -0.337 e. The topological polar surface area (TPSA) is 76.2 Å². The number of hydrogen-bond acceptors (Lipinski definition) is 6. The number of fused-ring (bicyclic) bond motifs is 1. The molecular formula is C24H30FN5O3S2. The van der Waals surface area contributed by atoms with E-state index in [1.165, 1.54) is 17.0 Å². The van der Waals surface area contributed by atoms with Crippen LogP contribution in [0, 0.1) is 5.82 Å². The number of thiophene rings is 1. The van der Waals surface area contributed by atoms with Gasteiger partial charge in [0, 0.05) is 25.0 Å². The van der Waals surface area contributed by atoms with Gasteiger partial charge in [-0.1, -0.05) is 18.2 Å². The number of rotatable bonds is 8. The van der Waals surface area contributed by atoms with Crippen molar-refractivity contribution in [1.29, 1.82) is 0 Å². The molecule has 0 saturated carbocycles. The molecule has 11 heteroatoms. The van der Waals surface area contributed by atoms with Gasteiger partial charge in [0.1, 0.15) is 18.0 Å². The second kappa shape index (κ2) is 11.4.